The number of hydrogen-bond donors (Lipinski definition) is 0. The van der Waals surface area contributed by atoms with Crippen molar-refractivity contribution in [2.75, 3.05) is 14.7 Å². The van der Waals surface area contributed by atoms with E-state index in [9.17, 15) is 0 Å². The van der Waals surface area contributed by atoms with Crippen LogP contribution < -0.4 is 73.3 Å². The average Bonchev–Trinajstić information content (AvgIpc) is 2.50. The highest BCUT2D eigenvalue weighted by Gasteiger charge is 2.53. The van der Waals surface area contributed by atoms with Gasteiger partial charge >= 0.3 is 0 Å². The molecule has 0 radical (unpaired) electrons. The van der Waals surface area contributed by atoms with Crippen molar-refractivity contribution in [3.63, 3.8) is 0 Å². The summed E-state index contributed by atoms with van der Waals surface area (Å²) in [5.41, 5.74) is 28.1. The van der Waals surface area contributed by atoms with Crippen molar-refractivity contribution >= 4 is 144 Å². The maximum Gasteiger partial charge on any atom is 0.261 e. The van der Waals surface area contributed by atoms with E-state index in [-0.39, 0.29) is 20.1 Å². The first kappa shape index (κ1) is 48.1. The van der Waals surface area contributed by atoms with Crippen molar-refractivity contribution in [2.45, 2.75) is 61.1 Å². The molecule has 0 bridgehead atoms. The van der Waals surface area contributed by atoms with Crippen LogP contribution in [0.15, 0.2) is 226 Å². The van der Waals surface area contributed by atoms with Gasteiger partial charge in [-0.25, -0.2) is 0 Å². The van der Waals surface area contributed by atoms with E-state index in [1.54, 1.807) is 0 Å². The van der Waals surface area contributed by atoms with E-state index >= 15 is 0 Å². The third-order valence-electron chi connectivity index (χ3n) is 17.8. The molecule has 6 heterocycles. The second-order valence-corrected chi connectivity index (χ2v) is 25.3. The Morgan fingerprint density at radius 3 is 1.12 bits per heavy atom. The van der Waals surface area contributed by atoms with Crippen LogP contribution in [0.25, 0.3) is 0 Å². The molecule has 0 fully saturated rings. The van der Waals surface area contributed by atoms with E-state index < -0.39 is 0 Å². The molecular weight excluding hydrogens is 1040 g/mol. The second kappa shape index (κ2) is 17.9. The van der Waals surface area contributed by atoms with Crippen LogP contribution in [-0.2, 0) is 0 Å². The summed E-state index contributed by atoms with van der Waals surface area (Å²) in [6.45, 7) is 13.0. The molecule has 0 aliphatic carbocycles. The Labute approximate surface area is 488 Å². The lowest BCUT2D eigenvalue weighted by Crippen LogP contribution is -2.67. The molecule has 0 N–H and O–H groups in total. The van der Waals surface area contributed by atoms with Gasteiger partial charge in [-0.05, 0) is 198 Å². The topological polar surface area (TPSA) is 28.2 Å². The Hall–Kier alpha value is -8.69. The predicted octanol–water partition coefficient (Wildman–Crippen LogP) is 13.3. The van der Waals surface area contributed by atoms with Crippen LogP contribution in [0.3, 0.4) is 0 Å². The number of hydrogen-bond acceptors (Lipinski definition) is 7. The fourth-order valence-corrected chi connectivity index (χ4v) is 17.0. The summed E-state index contributed by atoms with van der Waals surface area (Å²) >= 11 is 3.74. The molecule has 5 nitrogen and oxygen atoms in total. The molecule has 388 valence electrons. The molecule has 17 rings (SSSR count). The fraction of sp³-hybridized carbons (Fsp3) is 0.0833. The van der Waals surface area contributed by atoms with Crippen LogP contribution in [0.4, 0.5) is 51.2 Å². The molecule has 0 unspecified atom stereocenters. The van der Waals surface area contributed by atoms with E-state index in [1.807, 2.05) is 23.5 Å². The van der Waals surface area contributed by atoms with Crippen LogP contribution in [0, 0.1) is 41.5 Å². The molecule has 0 saturated heterocycles. The quantitative estimate of drug-likeness (QED) is 0.159. The molecule has 82 heavy (non-hydrogen) atoms. The maximum absolute atomic E-state index is 7.75. The summed E-state index contributed by atoms with van der Waals surface area (Å²) in [6.07, 6.45) is 0. The molecule has 6 aliphatic heterocycles. The van der Waals surface area contributed by atoms with E-state index in [1.165, 1.54) is 91.2 Å². The summed E-state index contributed by atoms with van der Waals surface area (Å²) in [6, 6.07) is 77.4. The van der Waals surface area contributed by atoms with Crippen LogP contribution in [0.1, 0.15) is 33.4 Å². The number of para-hydroxylation sites is 4. The standard InChI is InChI=1S/C72H52B3N3O2S2/c1-41-31-42(2)34-47(33-41)76(48-35-43(3)32-44(4)36-48)49-37-56-66-57(38-49)78(55-26-14-8-20-46(55)6)59-40-65-70-72(80-61-28-16-10-22-51(61)74(70)53-24-12-18-30-63(53)82-65)68(59)75(66)67-58(77(56)54-25-13-7-19-45(54)5)39-64-69-71(67)79-60-27-15-9-21-50(60)73(69)52-23-11-17-29-62(52)81-64/h7-40H,1-6H3. The number of nitrogens with zero attached hydrogens (tertiary/aromatic N) is 3. The summed E-state index contributed by atoms with van der Waals surface area (Å²) in [5, 5.41) is 0. The highest BCUT2D eigenvalue weighted by Crippen LogP contribution is 2.53. The Morgan fingerprint density at radius 2 is 0.683 bits per heavy atom. The fourth-order valence-electron chi connectivity index (χ4n) is 14.7. The normalized spacial score (nSPS) is 14.0. The van der Waals surface area contributed by atoms with Crippen molar-refractivity contribution < 1.29 is 9.47 Å². The van der Waals surface area contributed by atoms with Crippen molar-refractivity contribution in [1.82, 2.24) is 0 Å². The van der Waals surface area contributed by atoms with E-state index in [2.05, 4.69) is 262 Å². The minimum atomic E-state index is -0.359. The first-order valence-electron chi connectivity index (χ1n) is 28.5. The lowest BCUT2D eigenvalue weighted by molar-refractivity contribution is 0.489. The number of rotatable bonds is 5. The highest BCUT2D eigenvalue weighted by molar-refractivity contribution is 8.00. The Balaban J connectivity index is 1.06. The van der Waals surface area contributed by atoms with Gasteiger partial charge in [-0.3, -0.25) is 0 Å². The van der Waals surface area contributed by atoms with Gasteiger partial charge in [0.25, 0.3) is 20.1 Å². The van der Waals surface area contributed by atoms with Gasteiger partial charge < -0.3 is 24.2 Å². The van der Waals surface area contributed by atoms with Gasteiger partial charge in [0.1, 0.15) is 23.0 Å². The van der Waals surface area contributed by atoms with Gasteiger partial charge in [0.15, 0.2) is 0 Å². The van der Waals surface area contributed by atoms with Gasteiger partial charge in [-0.2, -0.15) is 0 Å². The van der Waals surface area contributed by atoms with E-state index in [4.69, 9.17) is 9.47 Å². The number of benzene rings is 11. The average molecular weight is 1090 g/mol. The molecule has 0 amide bonds. The Bertz CT molecular complexity index is 4290. The van der Waals surface area contributed by atoms with Crippen molar-refractivity contribution in [3.05, 3.63) is 240 Å². The van der Waals surface area contributed by atoms with Crippen molar-refractivity contribution in [3.8, 4) is 23.0 Å². The molecule has 0 atom stereocenters. The van der Waals surface area contributed by atoms with Crippen LogP contribution >= 0.6 is 23.5 Å². The smallest absolute Gasteiger partial charge is 0.261 e. The van der Waals surface area contributed by atoms with Gasteiger partial charge in [-0.1, -0.05) is 156 Å². The van der Waals surface area contributed by atoms with Gasteiger partial charge in [0, 0.05) is 65.1 Å². The summed E-state index contributed by atoms with van der Waals surface area (Å²) in [5.74, 6) is 3.65. The minimum Gasteiger partial charge on any atom is -0.459 e. The second-order valence-electron chi connectivity index (χ2n) is 23.1. The van der Waals surface area contributed by atoms with Crippen LogP contribution in [0.2, 0.25) is 0 Å². The Morgan fingerprint density at radius 1 is 0.317 bits per heavy atom. The SMILES string of the molecule is Cc1cc(C)cc(N(c2cc(C)cc(C)c2)c2cc3c4c(c2)N(c2ccccc2C)c2cc5c6c(c2B4c2c(cc4c7c2Oc2ccccc2B7c2ccccc2S4)N3c2ccccc2C)Oc2ccccc2B6c2ccccc2S5)c1. The molecule has 0 spiro atoms. The summed E-state index contributed by atoms with van der Waals surface area (Å²) < 4.78 is 15.5. The van der Waals surface area contributed by atoms with Gasteiger partial charge in [0.05, 0.1) is 5.69 Å². The summed E-state index contributed by atoms with van der Waals surface area (Å²) in [4.78, 5) is 12.7. The predicted molar refractivity (Wildman–Crippen MR) is 347 cm³/mol. The third-order valence-corrected chi connectivity index (χ3v) is 20.1. The number of ether oxygens (including phenoxy) is 2. The van der Waals surface area contributed by atoms with Crippen molar-refractivity contribution in [2.24, 2.45) is 0 Å². The minimum absolute atomic E-state index is 0.0363. The zero-order chi connectivity index (χ0) is 54.8. The van der Waals surface area contributed by atoms with Crippen molar-refractivity contribution in [1.29, 1.82) is 0 Å². The first-order chi connectivity index (χ1) is 40.1. The molecule has 11 aromatic carbocycles. The zero-order valence-electron chi connectivity index (χ0n) is 46.3. The highest BCUT2D eigenvalue weighted by atomic mass is 32.2. The van der Waals surface area contributed by atoms with Gasteiger partial charge in [0.2, 0.25) is 0 Å². The van der Waals surface area contributed by atoms with Crippen LogP contribution in [-0.4, -0.2) is 20.1 Å². The van der Waals surface area contributed by atoms with E-state index in [0.29, 0.717) is 0 Å². The lowest BCUT2D eigenvalue weighted by Gasteiger charge is -2.48. The molecule has 0 aromatic heterocycles. The maximum atomic E-state index is 7.75. The molecule has 6 aliphatic rings. The molecule has 0 saturated carbocycles. The molecule has 10 heteroatoms. The molecule has 11 aromatic rings. The zero-order valence-corrected chi connectivity index (χ0v) is 48.0. The lowest BCUT2D eigenvalue weighted by atomic mass is 9.29. The summed E-state index contributed by atoms with van der Waals surface area (Å²) in [7, 11) is 0. The Kier molecular flexibility index (Phi) is 10.5. The number of anilines is 9. The number of aryl methyl sites for hydroxylation is 6. The largest absolute Gasteiger partial charge is 0.459 e. The monoisotopic (exact) mass is 1090 g/mol. The molecular formula is C72H52B3N3O2S2. The third kappa shape index (κ3) is 6.95. The number of fused-ring (bicyclic) bond motifs is 14. The first-order valence-corrected chi connectivity index (χ1v) is 30.1. The van der Waals surface area contributed by atoms with Gasteiger partial charge in [-0.15, -0.1) is 0 Å². The van der Waals surface area contributed by atoms with E-state index in [0.717, 1.165) is 85.1 Å². The van der Waals surface area contributed by atoms with Crippen LogP contribution in [0.5, 0.6) is 23.0 Å².